The van der Waals surface area contributed by atoms with Gasteiger partial charge in [0.05, 0.1) is 5.92 Å². The van der Waals surface area contributed by atoms with Crippen molar-refractivity contribution in [3.8, 4) is 0 Å². The van der Waals surface area contributed by atoms with Gasteiger partial charge in [-0.1, -0.05) is 61.8 Å². The highest BCUT2D eigenvalue weighted by Crippen LogP contribution is 2.40. The quantitative estimate of drug-likeness (QED) is 0.158. The predicted molar refractivity (Wildman–Crippen MR) is 150 cm³/mol. The first-order valence-corrected chi connectivity index (χ1v) is 14.0. The molecule has 0 radical (unpaired) electrons. The number of Topliss-reactive ketones (excluding diaryl/α,β-unsaturated/α-hetero) is 2. The summed E-state index contributed by atoms with van der Waals surface area (Å²) >= 11 is 0. The Kier molecular flexibility index (Phi) is 15.5. The van der Waals surface area contributed by atoms with Crippen molar-refractivity contribution in [3.05, 3.63) is 11.8 Å². The van der Waals surface area contributed by atoms with E-state index in [1.54, 1.807) is 4.90 Å². The summed E-state index contributed by atoms with van der Waals surface area (Å²) in [5.41, 5.74) is -0.545. The van der Waals surface area contributed by atoms with Gasteiger partial charge in [-0.3, -0.25) is 14.4 Å². The minimum Gasteiger partial charge on any atom is -0.494 e. The molecule has 0 heterocycles. The van der Waals surface area contributed by atoms with Crippen LogP contribution in [0.15, 0.2) is 11.8 Å². The number of allylic oxidation sites excluding steroid dienone is 2. The van der Waals surface area contributed by atoms with E-state index in [0.717, 1.165) is 25.7 Å². The maximum absolute atomic E-state index is 13.5. The molecular formula is C30H56N2O4. The summed E-state index contributed by atoms with van der Waals surface area (Å²) in [5, 5.41) is 0. The van der Waals surface area contributed by atoms with Crippen LogP contribution < -0.4 is 0 Å². The Hall–Kier alpha value is -1.69. The molecule has 0 aliphatic carbocycles. The topological polar surface area (TPSA) is 66.9 Å². The van der Waals surface area contributed by atoms with Gasteiger partial charge in [-0.05, 0) is 53.3 Å². The molecule has 6 atom stereocenters. The normalized spacial score (nSPS) is 17.6. The van der Waals surface area contributed by atoms with Gasteiger partial charge in [0.15, 0.2) is 0 Å². The van der Waals surface area contributed by atoms with Crippen LogP contribution in [0.3, 0.4) is 0 Å². The van der Waals surface area contributed by atoms with Crippen LogP contribution >= 0.6 is 0 Å². The van der Waals surface area contributed by atoms with Crippen LogP contribution in [0.2, 0.25) is 0 Å². The first-order valence-electron chi connectivity index (χ1n) is 14.0. The maximum atomic E-state index is 13.5. The summed E-state index contributed by atoms with van der Waals surface area (Å²) in [6.07, 6.45) is 5.76. The van der Waals surface area contributed by atoms with Crippen molar-refractivity contribution < 1.29 is 19.1 Å². The molecule has 0 bridgehead atoms. The second-order valence-electron chi connectivity index (χ2n) is 11.4. The summed E-state index contributed by atoms with van der Waals surface area (Å²) in [6, 6.07) is -0.342. The van der Waals surface area contributed by atoms with Crippen molar-refractivity contribution in [2.75, 3.05) is 27.2 Å². The van der Waals surface area contributed by atoms with Gasteiger partial charge in [-0.25, -0.2) is 0 Å². The van der Waals surface area contributed by atoms with Crippen molar-refractivity contribution >= 4 is 18.0 Å². The van der Waals surface area contributed by atoms with E-state index >= 15 is 0 Å². The fourth-order valence-corrected chi connectivity index (χ4v) is 5.42. The highest BCUT2D eigenvalue weighted by Gasteiger charge is 2.46. The van der Waals surface area contributed by atoms with E-state index in [4.69, 9.17) is 4.74 Å². The number of rotatable bonds is 19. The molecule has 210 valence electrons. The summed E-state index contributed by atoms with van der Waals surface area (Å²) in [4.78, 5) is 42.7. The maximum Gasteiger partial charge on any atom is 0.210 e. The van der Waals surface area contributed by atoms with Crippen LogP contribution in [0.4, 0.5) is 0 Å². The van der Waals surface area contributed by atoms with Crippen molar-refractivity contribution in [2.45, 2.75) is 107 Å². The molecule has 6 nitrogen and oxygen atoms in total. The van der Waals surface area contributed by atoms with Gasteiger partial charge in [0, 0.05) is 42.3 Å². The van der Waals surface area contributed by atoms with E-state index in [1.165, 1.54) is 0 Å². The average molecular weight is 509 g/mol. The second kappa shape index (κ2) is 16.2. The number of carbonyl (C=O) groups excluding carboxylic acids is 3. The van der Waals surface area contributed by atoms with E-state index in [-0.39, 0.29) is 47.4 Å². The van der Waals surface area contributed by atoms with Crippen LogP contribution in [0.25, 0.3) is 0 Å². The highest BCUT2D eigenvalue weighted by atomic mass is 16.5. The Morgan fingerprint density at radius 2 is 1.50 bits per heavy atom. The summed E-state index contributed by atoms with van der Waals surface area (Å²) < 4.78 is 6.61. The number of ether oxygens (including phenoxy) is 1. The van der Waals surface area contributed by atoms with E-state index in [2.05, 4.69) is 27.7 Å². The molecule has 36 heavy (non-hydrogen) atoms. The molecular weight excluding hydrogens is 452 g/mol. The molecule has 0 aliphatic rings. The van der Waals surface area contributed by atoms with Crippen LogP contribution in [0.5, 0.6) is 0 Å². The molecule has 0 fully saturated rings. The summed E-state index contributed by atoms with van der Waals surface area (Å²) in [5.74, 6) is 0.246. The number of hydrogen-bond donors (Lipinski definition) is 0. The molecule has 0 saturated heterocycles. The number of amides is 1. The van der Waals surface area contributed by atoms with E-state index in [9.17, 15) is 14.4 Å². The Balaban J connectivity index is 6.36. The van der Waals surface area contributed by atoms with Gasteiger partial charge in [0.25, 0.3) is 0 Å². The SMILES string of the molecule is C/C=C(\O[C@H](CC)C(C)(C)C(C(C)C(=O)[C@H](C)CCC)N(C=O)CCN(C)C)C(C)C(=O)[C@H](C)CC. The zero-order valence-corrected chi connectivity index (χ0v) is 25.4. The fourth-order valence-electron chi connectivity index (χ4n) is 5.42. The minimum absolute atomic E-state index is 0.0336. The van der Waals surface area contributed by atoms with Gasteiger partial charge < -0.3 is 14.5 Å². The third kappa shape index (κ3) is 9.32. The largest absolute Gasteiger partial charge is 0.494 e. The lowest BCUT2D eigenvalue weighted by Gasteiger charge is -2.48. The summed E-state index contributed by atoms with van der Waals surface area (Å²) in [7, 11) is 3.96. The molecule has 0 N–H and O–H groups in total. The Bertz CT molecular complexity index is 716. The van der Waals surface area contributed by atoms with Crippen LogP contribution in [0.1, 0.15) is 94.9 Å². The van der Waals surface area contributed by atoms with Crippen LogP contribution in [0, 0.1) is 29.1 Å². The molecule has 1 amide bonds. The van der Waals surface area contributed by atoms with Crippen molar-refractivity contribution in [1.82, 2.24) is 9.80 Å². The van der Waals surface area contributed by atoms with Crippen LogP contribution in [-0.4, -0.2) is 67.1 Å². The fraction of sp³-hybridized carbons (Fsp3) is 0.833. The van der Waals surface area contributed by atoms with Crippen molar-refractivity contribution in [3.63, 3.8) is 0 Å². The van der Waals surface area contributed by atoms with E-state index in [0.29, 0.717) is 25.3 Å². The third-order valence-electron chi connectivity index (χ3n) is 7.91. The number of ketones is 2. The minimum atomic E-state index is -0.545. The Morgan fingerprint density at radius 1 is 0.917 bits per heavy atom. The Labute approximate surface area is 222 Å². The van der Waals surface area contributed by atoms with Crippen molar-refractivity contribution in [2.24, 2.45) is 29.1 Å². The van der Waals surface area contributed by atoms with Crippen molar-refractivity contribution in [1.29, 1.82) is 0 Å². The lowest BCUT2D eigenvalue weighted by Crippen LogP contribution is -2.57. The lowest BCUT2D eigenvalue weighted by molar-refractivity contribution is -0.139. The number of nitrogens with zero attached hydrogens (tertiary/aromatic N) is 2. The predicted octanol–water partition coefficient (Wildman–Crippen LogP) is 5.99. The van der Waals surface area contributed by atoms with Gasteiger partial charge in [-0.2, -0.15) is 0 Å². The number of carbonyl (C=O) groups is 3. The molecule has 0 rings (SSSR count). The molecule has 0 aromatic carbocycles. The second-order valence-corrected chi connectivity index (χ2v) is 11.4. The molecule has 6 heteroatoms. The zero-order chi connectivity index (χ0) is 28.2. The van der Waals surface area contributed by atoms with Gasteiger partial charge >= 0.3 is 0 Å². The van der Waals surface area contributed by atoms with Crippen LogP contribution in [-0.2, 0) is 19.1 Å². The monoisotopic (exact) mass is 508 g/mol. The first-order chi connectivity index (χ1) is 16.7. The molecule has 3 unspecified atom stereocenters. The molecule has 0 spiro atoms. The standard InChI is InChI=1S/C30H56N2O4/c1-13-17-22(6)28(35)24(8)29(32(20-33)19-18-31(11)12)30(9,10)26(16-4)36-25(15-3)23(7)27(34)21(5)14-2/h15,20-24,26,29H,13-14,16-19H2,1-12H3/b25-15-/t21-,22-,23?,24?,26-,29?/m1/s1. The molecule has 0 aromatic rings. The van der Waals surface area contributed by atoms with E-state index < -0.39 is 5.41 Å². The number of likely N-dealkylation sites (N-methyl/N-ethyl adjacent to an activating group) is 1. The van der Waals surface area contributed by atoms with E-state index in [1.807, 2.05) is 66.6 Å². The molecule has 0 aromatic heterocycles. The lowest BCUT2D eigenvalue weighted by atomic mass is 9.69. The smallest absolute Gasteiger partial charge is 0.210 e. The molecule has 0 saturated carbocycles. The van der Waals surface area contributed by atoms with Gasteiger partial charge in [-0.15, -0.1) is 0 Å². The third-order valence-corrected chi connectivity index (χ3v) is 7.91. The molecule has 0 aliphatic heterocycles. The van der Waals surface area contributed by atoms with Gasteiger partial charge in [0.2, 0.25) is 6.41 Å². The Morgan fingerprint density at radius 3 is 1.92 bits per heavy atom. The highest BCUT2D eigenvalue weighted by molar-refractivity contribution is 5.85. The zero-order valence-electron chi connectivity index (χ0n) is 25.4. The average Bonchev–Trinajstić information content (AvgIpc) is 2.84. The number of hydrogen-bond acceptors (Lipinski definition) is 5. The first kappa shape index (κ1) is 34.3. The summed E-state index contributed by atoms with van der Waals surface area (Å²) in [6.45, 7) is 21.3. The van der Waals surface area contributed by atoms with Gasteiger partial charge in [0.1, 0.15) is 23.4 Å².